The van der Waals surface area contributed by atoms with Crippen molar-refractivity contribution in [1.82, 2.24) is 21.3 Å². The molecule has 0 fully saturated rings. The molecule has 0 unspecified atom stereocenters. The number of hydrogen-bond donors (Lipinski definition) is 4. The van der Waals surface area contributed by atoms with Gasteiger partial charge in [0.25, 0.3) is 5.91 Å². The Morgan fingerprint density at radius 3 is 1.53 bits per heavy atom. The lowest BCUT2D eigenvalue weighted by Gasteiger charge is -2.19. The fourth-order valence-corrected chi connectivity index (χ4v) is 5.85. The van der Waals surface area contributed by atoms with E-state index in [0.29, 0.717) is 18.7 Å². The van der Waals surface area contributed by atoms with Gasteiger partial charge in [-0.2, -0.15) is 0 Å². The van der Waals surface area contributed by atoms with Crippen LogP contribution in [-0.4, -0.2) is 49.3 Å². The molecule has 0 aliphatic heterocycles. The van der Waals surface area contributed by atoms with E-state index in [0.717, 1.165) is 37.7 Å². The topological polar surface area (TPSA) is 116 Å². The third-order valence-electron chi connectivity index (χ3n) is 9.04. The van der Waals surface area contributed by atoms with Gasteiger partial charge in [-0.25, -0.2) is 0 Å². The molecule has 0 radical (unpaired) electrons. The molecule has 0 saturated heterocycles. The third-order valence-corrected chi connectivity index (χ3v) is 9.04. The highest BCUT2D eigenvalue weighted by molar-refractivity contribution is 5.94. The number of nitrogens with one attached hydrogen (secondary N) is 4. The Balaban J connectivity index is 2.42. The van der Waals surface area contributed by atoms with Crippen LogP contribution in [0.3, 0.4) is 0 Å². The van der Waals surface area contributed by atoms with E-state index in [2.05, 4.69) is 41.7 Å². The summed E-state index contributed by atoms with van der Waals surface area (Å²) in [6.45, 7) is 9.51. The summed E-state index contributed by atoms with van der Waals surface area (Å²) < 4.78 is 0. The van der Waals surface area contributed by atoms with Crippen molar-refractivity contribution in [3.63, 3.8) is 0 Å². The summed E-state index contributed by atoms with van der Waals surface area (Å²) in [5.74, 6) is -0.981. The van der Waals surface area contributed by atoms with Crippen LogP contribution in [0.4, 0.5) is 0 Å². The van der Waals surface area contributed by atoms with Gasteiger partial charge in [0.05, 0.1) is 0 Å². The Labute approximate surface area is 298 Å². The fraction of sp³-hybridized carbons (Fsp3) is 0.707. The van der Waals surface area contributed by atoms with Crippen LogP contribution in [0.5, 0.6) is 0 Å². The summed E-state index contributed by atoms with van der Waals surface area (Å²) in [5.41, 5.74) is 1.42. The zero-order valence-corrected chi connectivity index (χ0v) is 31.2. The largest absolute Gasteiger partial charge is 0.356 e. The normalized spacial score (nSPS) is 11.5. The van der Waals surface area contributed by atoms with Gasteiger partial charge in [0.2, 0.25) is 17.7 Å². The highest BCUT2D eigenvalue weighted by Gasteiger charge is 2.21. The number of amides is 4. The molecule has 8 nitrogen and oxygen atoms in total. The van der Waals surface area contributed by atoms with Gasteiger partial charge in [0.15, 0.2) is 0 Å². The SMILES string of the molecule is C=Cc1ccc(C(=O)NCCC(=O)N[C@@H](CCC(=O)NCCCCCCCCCCCC)C(=O)NCCCCCCCCCCCC)cc1. The zero-order valence-electron chi connectivity index (χ0n) is 31.2. The minimum atomic E-state index is -0.805. The molecular formula is C41H70N4O4. The highest BCUT2D eigenvalue weighted by Crippen LogP contribution is 2.12. The van der Waals surface area contributed by atoms with Crippen molar-refractivity contribution in [2.75, 3.05) is 19.6 Å². The molecule has 0 saturated carbocycles. The van der Waals surface area contributed by atoms with E-state index in [1.807, 2.05) is 0 Å². The molecule has 0 heterocycles. The van der Waals surface area contributed by atoms with Crippen molar-refractivity contribution in [3.8, 4) is 0 Å². The predicted molar refractivity (Wildman–Crippen MR) is 204 cm³/mol. The van der Waals surface area contributed by atoms with E-state index < -0.39 is 6.04 Å². The number of hydrogen-bond acceptors (Lipinski definition) is 4. The first-order valence-corrected chi connectivity index (χ1v) is 19.8. The summed E-state index contributed by atoms with van der Waals surface area (Å²) in [4.78, 5) is 50.9. The van der Waals surface area contributed by atoms with E-state index in [1.165, 1.54) is 96.3 Å². The summed E-state index contributed by atoms with van der Waals surface area (Å²) in [5, 5.41) is 11.5. The number of carbonyl (C=O) groups excluding carboxylic acids is 4. The number of carbonyl (C=O) groups is 4. The first kappa shape index (κ1) is 43.9. The lowest BCUT2D eigenvalue weighted by molar-refractivity contribution is -0.129. The quantitative estimate of drug-likeness (QED) is 0.0569. The van der Waals surface area contributed by atoms with Crippen LogP contribution in [0, 0.1) is 0 Å². The van der Waals surface area contributed by atoms with Gasteiger partial charge >= 0.3 is 0 Å². The minimum absolute atomic E-state index is 0.0314. The number of rotatable bonds is 32. The monoisotopic (exact) mass is 683 g/mol. The molecule has 0 aliphatic carbocycles. The molecule has 0 aromatic heterocycles. The number of benzene rings is 1. The molecular weight excluding hydrogens is 612 g/mol. The first-order chi connectivity index (χ1) is 23.9. The molecule has 1 aromatic carbocycles. The van der Waals surface area contributed by atoms with E-state index in [9.17, 15) is 19.2 Å². The van der Waals surface area contributed by atoms with Crippen molar-refractivity contribution in [2.24, 2.45) is 0 Å². The number of unbranched alkanes of at least 4 members (excludes halogenated alkanes) is 18. The Morgan fingerprint density at radius 1 is 0.571 bits per heavy atom. The maximum Gasteiger partial charge on any atom is 0.251 e. The van der Waals surface area contributed by atoms with Crippen LogP contribution >= 0.6 is 0 Å². The van der Waals surface area contributed by atoms with Crippen LogP contribution in [0.2, 0.25) is 0 Å². The molecule has 4 N–H and O–H groups in total. The van der Waals surface area contributed by atoms with E-state index in [1.54, 1.807) is 30.3 Å². The lowest BCUT2D eigenvalue weighted by atomic mass is 10.1. The summed E-state index contributed by atoms with van der Waals surface area (Å²) in [6, 6.07) is 6.23. The van der Waals surface area contributed by atoms with Crippen LogP contribution < -0.4 is 21.3 Å². The molecule has 1 aromatic rings. The standard InChI is InChI=1S/C41H70N4O4/c1-4-7-9-11-13-15-17-19-21-23-32-42-38(46)30-29-37(41(49)43-33-24-22-20-18-16-14-12-10-8-5-2)45-39(47)31-34-44-40(48)36-27-25-35(6-3)26-28-36/h6,25-28,37H,3-5,7-24,29-34H2,1-2H3,(H,42,46)(H,43,49)(H,44,48)(H,45,47)/t37-/m0/s1. The molecule has 8 heteroatoms. The molecule has 278 valence electrons. The van der Waals surface area contributed by atoms with Crippen molar-refractivity contribution >= 4 is 29.7 Å². The summed E-state index contributed by atoms with van der Waals surface area (Å²) >= 11 is 0. The summed E-state index contributed by atoms with van der Waals surface area (Å²) in [7, 11) is 0. The molecule has 4 amide bonds. The maximum atomic E-state index is 13.1. The summed E-state index contributed by atoms with van der Waals surface area (Å²) in [6.07, 6.45) is 26.7. The van der Waals surface area contributed by atoms with E-state index in [-0.39, 0.29) is 49.4 Å². The van der Waals surface area contributed by atoms with Gasteiger partial charge in [-0.05, 0) is 37.0 Å². The molecule has 0 aliphatic rings. The van der Waals surface area contributed by atoms with Crippen LogP contribution in [0.25, 0.3) is 6.08 Å². The van der Waals surface area contributed by atoms with Crippen LogP contribution in [-0.2, 0) is 14.4 Å². The van der Waals surface area contributed by atoms with Gasteiger partial charge in [-0.1, -0.05) is 154 Å². The third kappa shape index (κ3) is 24.6. The van der Waals surface area contributed by atoms with Crippen LogP contribution in [0.1, 0.15) is 177 Å². The Hall–Kier alpha value is -3.16. The van der Waals surface area contributed by atoms with Gasteiger partial charge in [0.1, 0.15) is 6.04 Å². The minimum Gasteiger partial charge on any atom is -0.356 e. The predicted octanol–water partition coefficient (Wildman–Crippen LogP) is 8.79. The second kappa shape index (κ2) is 30.9. The van der Waals surface area contributed by atoms with Crippen LogP contribution in [0.15, 0.2) is 30.8 Å². The second-order valence-electron chi connectivity index (χ2n) is 13.5. The van der Waals surface area contributed by atoms with Crippen molar-refractivity contribution in [2.45, 2.75) is 168 Å². The van der Waals surface area contributed by atoms with Gasteiger partial charge < -0.3 is 21.3 Å². The Morgan fingerprint density at radius 2 is 1.04 bits per heavy atom. The Kier molecular flexibility index (Phi) is 27.6. The zero-order chi connectivity index (χ0) is 35.8. The molecule has 49 heavy (non-hydrogen) atoms. The molecule has 0 bridgehead atoms. The van der Waals surface area contributed by atoms with E-state index >= 15 is 0 Å². The van der Waals surface area contributed by atoms with Crippen molar-refractivity contribution in [1.29, 1.82) is 0 Å². The average molecular weight is 683 g/mol. The van der Waals surface area contributed by atoms with Gasteiger partial charge in [-0.15, -0.1) is 0 Å². The first-order valence-electron chi connectivity index (χ1n) is 19.8. The molecule has 1 rings (SSSR count). The second-order valence-corrected chi connectivity index (χ2v) is 13.5. The molecule has 0 spiro atoms. The fourth-order valence-electron chi connectivity index (χ4n) is 5.85. The van der Waals surface area contributed by atoms with E-state index in [4.69, 9.17) is 0 Å². The van der Waals surface area contributed by atoms with Crippen molar-refractivity contribution < 1.29 is 19.2 Å². The smallest absolute Gasteiger partial charge is 0.251 e. The van der Waals surface area contributed by atoms with Gasteiger partial charge in [-0.3, -0.25) is 19.2 Å². The highest BCUT2D eigenvalue weighted by atomic mass is 16.2. The molecule has 1 atom stereocenters. The lowest BCUT2D eigenvalue weighted by Crippen LogP contribution is -2.48. The van der Waals surface area contributed by atoms with Gasteiger partial charge in [0, 0.05) is 38.0 Å². The Bertz CT molecular complexity index is 1030. The average Bonchev–Trinajstić information content (AvgIpc) is 3.11. The van der Waals surface area contributed by atoms with Crippen molar-refractivity contribution in [3.05, 3.63) is 42.0 Å². The maximum absolute atomic E-state index is 13.1.